The first-order valence-corrected chi connectivity index (χ1v) is 8.43. The third kappa shape index (κ3) is 4.14. The predicted molar refractivity (Wildman–Crippen MR) is 98.1 cm³/mol. The Bertz CT molecular complexity index is 883. The van der Waals surface area contributed by atoms with Gasteiger partial charge in [0.15, 0.2) is 0 Å². The number of benzene rings is 2. The molecule has 2 amide bonds. The number of amides is 2. The van der Waals surface area contributed by atoms with Crippen LogP contribution in [0.4, 0.5) is 4.39 Å². The second-order valence-electron chi connectivity index (χ2n) is 5.80. The molecule has 0 spiro atoms. The van der Waals surface area contributed by atoms with Crippen LogP contribution in [0, 0.1) is 5.82 Å². The highest BCUT2D eigenvalue weighted by Crippen LogP contribution is 2.22. The van der Waals surface area contributed by atoms with Gasteiger partial charge in [-0.3, -0.25) is 14.5 Å². The minimum absolute atomic E-state index is 0.163. The second kappa shape index (κ2) is 8.45. The van der Waals surface area contributed by atoms with Crippen LogP contribution in [0.3, 0.4) is 0 Å². The normalized spacial score (nSPS) is 12.7. The zero-order valence-corrected chi connectivity index (χ0v) is 14.6. The third-order valence-corrected chi connectivity index (χ3v) is 4.06. The maximum Gasteiger partial charge on any atom is 0.261 e. The van der Waals surface area contributed by atoms with Gasteiger partial charge in [-0.2, -0.15) is 0 Å². The summed E-state index contributed by atoms with van der Waals surface area (Å²) in [5.41, 5.74) is 4.12. The zero-order valence-electron chi connectivity index (χ0n) is 14.6. The quantitative estimate of drug-likeness (QED) is 0.408. The number of carbonyl (C=O) groups excluding carboxylic acids is 2. The zero-order chi connectivity index (χ0) is 19.2. The van der Waals surface area contributed by atoms with Crippen LogP contribution in [-0.4, -0.2) is 43.1 Å². The van der Waals surface area contributed by atoms with E-state index in [1.54, 1.807) is 36.4 Å². The molecule has 2 aromatic carbocycles. The molecule has 0 radical (unpaired) electrons. The van der Waals surface area contributed by atoms with Crippen LogP contribution < -0.4 is 4.74 Å². The van der Waals surface area contributed by atoms with Gasteiger partial charge in [-0.25, -0.2) is 4.39 Å². The van der Waals surface area contributed by atoms with Gasteiger partial charge in [0.05, 0.1) is 30.9 Å². The number of hydrogen-bond acceptors (Lipinski definition) is 4. The molecule has 0 fully saturated rings. The monoisotopic (exact) mass is 367 g/mol. The Kier molecular flexibility index (Phi) is 5.81. The average Bonchev–Trinajstić information content (AvgIpc) is 2.91. The lowest BCUT2D eigenvalue weighted by atomic mass is 10.1. The van der Waals surface area contributed by atoms with Gasteiger partial charge < -0.3 is 9.47 Å². The Morgan fingerprint density at radius 3 is 2.41 bits per heavy atom. The van der Waals surface area contributed by atoms with Gasteiger partial charge in [-0.15, -0.1) is 5.73 Å². The molecule has 0 aromatic heterocycles. The highest BCUT2D eigenvalue weighted by molar-refractivity contribution is 6.21. The number of rotatable bonds is 8. The smallest absolute Gasteiger partial charge is 0.261 e. The lowest BCUT2D eigenvalue weighted by Crippen LogP contribution is -2.33. The van der Waals surface area contributed by atoms with Crippen molar-refractivity contribution >= 4 is 17.9 Å². The van der Waals surface area contributed by atoms with Crippen LogP contribution in [0.1, 0.15) is 26.3 Å². The van der Waals surface area contributed by atoms with Gasteiger partial charge in [0, 0.05) is 11.6 Å². The van der Waals surface area contributed by atoms with E-state index in [1.165, 1.54) is 17.0 Å². The van der Waals surface area contributed by atoms with Crippen molar-refractivity contribution in [1.29, 1.82) is 0 Å². The van der Waals surface area contributed by atoms with E-state index >= 15 is 0 Å². The SMILES string of the molecule is C=C=Cc1ccc(F)cc1OCCOCCN1C(=O)c2ccccc2C1=O. The summed E-state index contributed by atoms with van der Waals surface area (Å²) in [4.78, 5) is 25.6. The molecule has 0 N–H and O–H groups in total. The minimum atomic E-state index is -0.405. The van der Waals surface area contributed by atoms with Gasteiger partial charge in [0.2, 0.25) is 0 Å². The molecule has 1 heterocycles. The van der Waals surface area contributed by atoms with E-state index < -0.39 is 5.82 Å². The van der Waals surface area contributed by atoms with Crippen molar-refractivity contribution in [3.8, 4) is 5.75 Å². The van der Waals surface area contributed by atoms with Crippen LogP contribution >= 0.6 is 0 Å². The maximum absolute atomic E-state index is 13.3. The van der Waals surface area contributed by atoms with Crippen LogP contribution in [0.25, 0.3) is 6.08 Å². The number of ether oxygens (including phenoxy) is 2. The van der Waals surface area contributed by atoms with Crippen molar-refractivity contribution in [3.63, 3.8) is 0 Å². The molecule has 1 aliphatic heterocycles. The van der Waals surface area contributed by atoms with Gasteiger partial charge in [0.1, 0.15) is 18.2 Å². The summed E-state index contributed by atoms with van der Waals surface area (Å²) >= 11 is 0. The highest BCUT2D eigenvalue weighted by atomic mass is 19.1. The van der Waals surface area contributed by atoms with Crippen molar-refractivity contribution in [2.45, 2.75) is 0 Å². The van der Waals surface area contributed by atoms with E-state index in [-0.39, 0.29) is 38.2 Å². The van der Waals surface area contributed by atoms with E-state index in [9.17, 15) is 14.0 Å². The molecule has 6 heteroatoms. The molecule has 0 saturated heterocycles. The average molecular weight is 367 g/mol. The fraction of sp³-hybridized carbons (Fsp3) is 0.190. The van der Waals surface area contributed by atoms with Crippen molar-refractivity contribution < 1.29 is 23.5 Å². The molecule has 0 atom stereocenters. The molecule has 5 nitrogen and oxygen atoms in total. The topological polar surface area (TPSA) is 55.8 Å². The Morgan fingerprint density at radius 2 is 1.74 bits per heavy atom. The summed E-state index contributed by atoms with van der Waals surface area (Å²) in [6.45, 7) is 4.28. The Morgan fingerprint density at radius 1 is 1.04 bits per heavy atom. The summed E-state index contributed by atoms with van der Waals surface area (Å²) in [5.74, 6) is -0.653. The first-order chi connectivity index (χ1) is 13.1. The standard InChI is InChI=1S/C21H18FNO4/c1-2-5-15-8-9-16(22)14-19(15)27-13-12-26-11-10-23-20(24)17-6-3-4-7-18(17)21(23)25/h3-9,14H,1,10-13H2. The molecular weight excluding hydrogens is 349 g/mol. The van der Waals surface area contributed by atoms with Crippen LogP contribution in [0.5, 0.6) is 5.75 Å². The molecule has 0 aliphatic carbocycles. The number of nitrogens with zero attached hydrogens (tertiary/aromatic N) is 1. The summed E-state index contributed by atoms with van der Waals surface area (Å²) in [6, 6.07) is 10.9. The largest absolute Gasteiger partial charge is 0.490 e. The Balaban J connectivity index is 1.45. The van der Waals surface area contributed by atoms with Gasteiger partial charge in [-0.05, 0) is 30.3 Å². The summed E-state index contributed by atoms with van der Waals surface area (Å²) in [6.07, 6.45) is 1.60. The predicted octanol–water partition coefficient (Wildman–Crippen LogP) is 3.32. The van der Waals surface area contributed by atoms with E-state index in [1.807, 2.05) is 0 Å². The molecule has 3 rings (SSSR count). The van der Waals surface area contributed by atoms with E-state index in [0.29, 0.717) is 22.4 Å². The molecule has 1 aliphatic rings. The van der Waals surface area contributed by atoms with E-state index in [0.717, 1.165) is 0 Å². The minimum Gasteiger partial charge on any atom is -0.490 e. The summed E-state index contributed by atoms with van der Waals surface area (Å²) < 4.78 is 24.3. The maximum atomic E-state index is 13.3. The molecule has 0 unspecified atom stereocenters. The Labute approximate surface area is 156 Å². The molecule has 0 bridgehead atoms. The molecular formula is C21H18FNO4. The van der Waals surface area contributed by atoms with Crippen LogP contribution in [0.2, 0.25) is 0 Å². The molecule has 27 heavy (non-hydrogen) atoms. The van der Waals surface area contributed by atoms with Crippen molar-refractivity contribution in [3.05, 3.63) is 77.3 Å². The van der Waals surface area contributed by atoms with Crippen LogP contribution in [0.15, 0.2) is 54.8 Å². The summed E-state index contributed by atoms with van der Waals surface area (Å²) in [7, 11) is 0. The molecule has 138 valence electrons. The highest BCUT2D eigenvalue weighted by Gasteiger charge is 2.34. The summed E-state index contributed by atoms with van der Waals surface area (Å²) in [5, 5.41) is 0. The lowest BCUT2D eigenvalue weighted by Gasteiger charge is -2.14. The van der Waals surface area contributed by atoms with Gasteiger partial charge >= 0.3 is 0 Å². The molecule has 0 saturated carbocycles. The Hall–Kier alpha value is -3.21. The number of carbonyl (C=O) groups is 2. The first kappa shape index (κ1) is 18.6. The van der Waals surface area contributed by atoms with Crippen molar-refractivity contribution in [1.82, 2.24) is 4.90 Å². The number of halogens is 1. The second-order valence-corrected chi connectivity index (χ2v) is 5.80. The number of hydrogen-bond donors (Lipinski definition) is 0. The molecule has 2 aromatic rings. The third-order valence-electron chi connectivity index (χ3n) is 4.06. The van der Waals surface area contributed by atoms with Gasteiger partial charge in [0.25, 0.3) is 11.8 Å². The van der Waals surface area contributed by atoms with Crippen molar-refractivity contribution in [2.24, 2.45) is 0 Å². The number of fused-ring (bicyclic) bond motifs is 1. The first-order valence-electron chi connectivity index (χ1n) is 8.43. The van der Waals surface area contributed by atoms with E-state index in [2.05, 4.69) is 12.3 Å². The lowest BCUT2D eigenvalue weighted by molar-refractivity contribution is 0.0527. The fourth-order valence-electron chi connectivity index (χ4n) is 2.77. The number of imide groups is 1. The fourth-order valence-corrected chi connectivity index (χ4v) is 2.77. The van der Waals surface area contributed by atoms with Crippen molar-refractivity contribution in [2.75, 3.05) is 26.4 Å². The van der Waals surface area contributed by atoms with E-state index in [4.69, 9.17) is 9.47 Å². The van der Waals surface area contributed by atoms with Gasteiger partial charge in [-0.1, -0.05) is 18.7 Å². The van der Waals surface area contributed by atoms with Crippen LogP contribution in [-0.2, 0) is 4.74 Å².